The van der Waals surface area contributed by atoms with Crippen molar-refractivity contribution in [2.45, 2.75) is 45.2 Å². The van der Waals surface area contributed by atoms with E-state index in [4.69, 9.17) is 0 Å². The molecule has 0 saturated carbocycles. The minimum Gasteiger partial charge on any atom is -0.358 e. The van der Waals surface area contributed by atoms with Gasteiger partial charge in [-0.05, 0) is 30.9 Å². The summed E-state index contributed by atoms with van der Waals surface area (Å²) in [5.41, 5.74) is 0. The first-order chi connectivity index (χ1) is 7.63. The first-order valence-electron chi connectivity index (χ1n) is 6.19. The molecule has 1 heterocycles. The van der Waals surface area contributed by atoms with E-state index in [0.717, 1.165) is 12.2 Å². The minimum absolute atomic E-state index is 0.0197. The zero-order valence-electron chi connectivity index (χ0n) is 10.6. The molecule has 2 N–H and O–H groups in total. The summed E-state index contributed by atoms with van der Waals surface area (Å²) in [7, 11) is 1.72. The summed E-state index contributed by atoms with van der Waals surface area (Å²) < 4.78 is 0. The molecule has 3 nitrogen and oxygen atoms in total. The zero-order valence-corrected chi connectivity index (χ0v) is 11.4. The summed E-state index contributed by atoms with van der Waals surface area (Å²) in [6, 6.07) is 0.494. The molecule has 1 aliphatic rings. The van der Waals surface area contributed by atoms with Crippen molar-refractivity contribution in [2.24, 2.45) is 5.92 Å². The van der Waals surface area contributed by atoms with Crippen LogP contribution in [0.2, 0.25) is 0 Å². The second kappa shape index (κ2) is 7.17. The molecule has 0 spiro atoms. The van der Waals surface area contributed by atoms with E-state index in [1.165, 1.54) is 18.6 Å². The molecular formula is C12H24N2OS. The van der Waals surface area contributed by atoms with Gasteiger partial charge in [0, 0.05) is 18.8 Å². The third kappa shape index (κ3) is 4.74. The zero-order chi connectivity index (χ0) is 12.0. The van der Waals surface area contributed by atoms with E-state index in [9.17, 15) is 4.79 Å². The monoisotopic (exact) mass is 244 g/mol. The maximum atomic E-state index is 11.7. The first kappa shape index (κ1) is 13.8. The molecule has 1 saturated heterocycles. The van der Waals surface area contributed by atoms with Crippen molar-refractivity contribution >= 4 is 17.7 Å². The standard InChI is InChI=1S/C12H24N2OS/c1-9(2)7-11(12(15)13-3)14-10-5-4-6-16-8-10/h9-11,14H,4-8H2,1-3H3,(H,13,15). The quantitative estimate of drug-likeness (QED) is 0.772. The Labute approximate surface area is 103 Å². The summed E-state index contributed by atoms with van der Waals surface area (Å²) in [4.78, 5) is 11.7. The molecule has 0 aromatic heterocycles. The topological polar surface area (TPSA) is 41.1 Å². The molecule has 2 atom stereocenters. The van der Waals surface area contributed by atoms with Crippen molar-refractivity contribution in [1.82, 2.24) is 10.6 Å². The van der Waals surface area contributed by atoms with Gasteiger partial charge in [0.25, 0.3) is 0 Å². The number of hydrogen-bond acceptors (Lipinski definition) is 3. The van der Waals surface area contributed by atoms with Gasteiger partial charge in [-0.25, -0.2) is 0 Å². The van der Waals surface area contributed by atoms with E-state index in [0.29, 0.717) is 12.0 Å². The lowest BCUT2D eigenvalue weighted by molar-refractivity contribution is -0.123. The second-order valence-corrected chi connectivity index (χ2v) is 6.03. The molecule has 0 aromatic rings. The molecule has 0 radical (unpaired) electrons. The van der Waals surface area contributed by atoms with E-state index in [-0.39, 0.29) is 11.9 Å². The molecule has 0 aromatic carbocycles. The predicted molar refractivity (Wildman–Crippen MR) is 70.8 cm³/mol. The normalized spacial score (nSPS) is 23.1. The predicted octanol–water partition coefficient (Wildman–Crippen LogP) is 1.63. The van der Waals surface area contributed by atoms with E-state index < -0.39 is 0 Å². The van der Waals surface area contributed by atoms with Crippen LogP contribution in [0.3, 0.4) is 0 Å². The number of nitrogens with one attached hydrogen (secondary N) is 2. The van der Waals surface area contributed by atoms with Crippen LogP contribution in [0, 0.1) is 5.92 Å². The maximum Gasteiger partial charge on any atom is 0.236 e. The minimum atomic E-state index is -0.0197. The number of carbonyl (C=O) groups excluding carboxylic acids is 1. The Morgan fingerprint density at radius 1 is 1.50 bits per heavy atom. The fraction of sp³-hybridized carbons (Fsp3) is 0.917. The highest BCUT2D eigenvalue weighted by Crippen LogP contribution is 2.18. The van der Waals surface area contributed by atoms with Gasteiger partial charge in [-0.15, -0.1) is 0 Å². The van der Waals surface area contributed by atoms with Crippen LogP contribution < -0.4 is 10.6 Å². The van der Waals surface area contributed by atoms with Gasteiger partial charge in [0.05, 0.1) is 6.04 Å². The largest absolute Gasteiger partial charge is 0.358 e. The Balaban J connectivity index is 2.44. The van der Waals surface area contributed by atoms with Gasteiger partial charge in [0.1, 0.15) is 0 Å². The summed E-state index contributed by atoms with van der Waals surface area (Å²) >= 11 is 1.99. The maximum absolute atomic E-state index is 11.7. The van der Waals surface area contributed by atoms with Crippen LogP contribution in [-0.4, -0.2) is 36.5 Å². The molecule has 94 valence electrons. The van der Waals surface area contributed by atoms with Gasteiger partial charge in [-0.2, -0.15) is 11.8 Å². The fourth-order valence-corrected chi connectivity index (χ4v) is 3.14. The summed E-state index contributed by atoms with van der Waals surface area (Å²) in [6.07, 6.45) is 3.39. The van der Waals surface area contributed by atoms with Crippen LogP contribution in [0.15, 0.2) is 0 Å². The van der Waals surface area contributed by atoms with Crippen molar-refractivity contribution in [3.63, 3.8) is 0 Å². The molecular weight excluding hydrogens is 220 g/mol. The summed E-state index contributed by atoms with van der Waals surface area (Å²) in [6.45, 7) is 4.32. The first-order valence-corrected chi connectivity index (χ1v) is 7.34. The van der Waals surface area contributed by atoms with E-state index >= 15 is 0 Å². The molecule has 1 aliphatic heterocycles. The van der Waals surface area contributed by atoms with Crippen LogP contribution in [-0.2, 0) is 4.79 Å². The smallest absolute Gasteiger partial charge is 0.236 e. The van der Waals surface area contributed by atoms with Gasteiger partial charge < -0.3 is 10.6 Å². The Morgan fingerprint density at radius 2 is 2.25 bits per heavy atom. The SMILES string of the molecule is CNC(=O)C(CC(C)C)NC1CCCSC1. The van der Waals surface area contributed by atoms with Crippen molar-refractivity contribution in [1.29, 1.82) is 0 Å². The highest BCUT2D eigenvalue weighted by atomic mass is 32.2. The van der Waals surface area contributed by atoms with Gasteiger partial charge >= 0.3 is 0 Å². The van der Waals surface area contributed by atoms with Crippen LogP contribution in [0.1, 0.15) is 33.1 Å². The van der Waals surface area contributed by atoms with Crippen LogP contribution in [0.4, 0.5) is 0 Å². The number of likely N-dealkylation sites (N-methyl/N-ethyl adjacent to an activating group) is 1. The molecule has 0 bridgehead atoms. The lowest BCUT2D eigenvalue weighted by atomic mass is 10.0. The Morgan fingerprint density at radius 3 is 2.75 bits per heavy atom. The highest BCUT2D eigenvalue weighted by Gasteiger charge is 2.23. The molecule has 1 fully saturated rings. The molecule has 16 heavy (non-hydrogen) atoms. The lowest BCUT2D eigenvalue weighted by Crippen LogP contribution is -2.49. The Bertz CT molecular complexity index is 215. The lowest BCUT2D eigenvalue weighted by Gasteiger charge is -2.28. The van der Waals surface area contributed by atoms with E-state index in [1.54, 1.807) is 7.05 Å². The van der Waals surface area contributed by atoms with E-state index in [2.05, 4.69) is 24.5 Å². The summed E-state index contributed by atoms with van der Waals surface area (Å²) in [5.74, 6) is 3.09. The molecule has 1 rings (SSSR count). The number of thioether (sulfide) groups is 1. The molecule has 4 heteroatoms. The van der Waals surface area contributed by atoms with Crippen LogP contribution in [0.25, 0.3) is 0 Å². The number of hydrogen-bond donors (Lipinski definition) is 2. The number of rotatable bonds is 5. The second-order valence-electron chi connectivity index (χ2n) is 4.88. The Kier molecular flexibility index (Phi) is 6.21. The van der Waals surface area contributed by atoms with E-state index in [1.807, 2.05) is 11.8 Å². The van der Waals surface area contributed by atoms with Crippen molar-refractivity contribution in [3.05, 3.63) is 0 Å². The average Bonchev–Trinajstić information content (AvgIpc) is 2.28. The van der Waals surface area contributed by atoms with Gasteiger partial charge in [0.2, 0.25) is 5.91 Å². The highest BCUT2D eigenvalue weighted by molar-refractivity contribution is 7.99. The summed E-state index contributed by atoms with van der Waals surface area (Å²) in [5, 5.41) is 6.26. The van der Waals surface area contributed by atoms with Crippen molar-refractivity contribution in [3.8, 4) is 0 Å². The Hall–Kier alpha value is -0.220. The van der Waals surface area contributed by atoms with Crippen LogP contribution >= 0.6 is 11.8 Å². The van der Waals surface area contributed by atoms with Gasteiger partial charge in [0.15, 0.2) is 0 Å². The number of carbonyl (C=O) groups is 1. The third-order valence-corrected chi connectivity index (χ3v) is 4.08. The van der Waals surface area contributed by atoms with Crippen LogP contribution in [0.5, 0.6) is 0 Å². The van der Waals surface area contributed by atoms with Gasteiger partial charge in [-0.1, -0.05) is 13.8 Å². The van der Waals surface area contributed by atoms with Gasteiger partial charge in [-0.3, -0.25) is 4.79 Å². The van der Waals surface area contributed by atoms with Crippen molar-refractivity contribution < 1.29 is 4.79 Å². The number of amides is 1. The fourth-order valence-electron chi connectivity index (χ4n) is 2.05. The third-order valence-electron chi connectivity index (χ3n) is 2.87. The van der Waals surface area contributed by atoms with Crippen molar-refractivity contribution in [2.75, 3.05) is 18.6 Å². The molecule has 0 aliphatic carbocycles. The molecule has 2 unspecified atom stereocenters. The molecule has 1 amide bonds. The average molecular weight is 244 g/mol.